The highest BCUT2D eigenvalue weighted by atomic mass is 35.5. The highest BCUT2D eigenvalue weighted by Gasteiger charge is 2.09. The molecule has 1 aromatic rings. The summed E-state index contributed by atoms with van der Waals surface area (Å²) in [5, 5.41) is 13.5. The molecule has 0 aliphatic carbocycles. The molecule has 1 heterocycles. The van der Waals surface area contributed by atoms with Crippen LogP contribution in [0.3, 0.4) is 0 Å². The predicted octanol–water partition coefficient (Wildman–Crippen LogP) is 1.47. The molecule has 1 aromatic heterocycles. The molecular weight excluding hydrogens is 232 g/mol. The van der Waals surface area contributed by atoms with Gasteiger partial charge in [-0.15, -0.1) is 0 Å². The van der Waals surface area contributed by atoms with Gasteiger partial charge in [0.05, 0.1) is 16.8 Å². The summed E-state index contributed by atoms with van der Waals surface area (Å²) in [4.78, 5) is 15.4. The van der Waals surface area contributed by atoms with E-state index in [4.69, 9.17) is 11.6 Å². The molecule has 16 heavy (non-hydrogen) atoms. The van der Waals surface area contributed by atoms with E-state index in [1.54, 1.807) is 31.1 Å². The molecule has 0 aliphatic heterocycles. The zero-order valence-electron chi connectivity index (χ0n) is 8.85. The Bertz CT molecular complexity index is 404. The van der Waals surface area contributed by atoms with Gasteiger partial charge in [0.1, 0.15) is 5.15 Å². The van der Waals surface area contributed by atoms with Crippen LogP contribution in [0.15, 0.2) is 30.4 Å². The van der Waals surface area contributed by atoms with Crippen molar-refractivity contribution >= 4 is 17.3 Å². The quantitative estimate of drug-likeness (QED) is 0.492. The van der Waals surface area contributed by atoms with Crippen LogP contribution in [-0.2, 0) is 0 Å². The molecule has 0 saturated heterocycles. The van der Waals surface area contributed by atoms with Gasteiger partial charge in [-0.25, -0.2) is 4.98 Å². The third-order valence-electron chi connectivity index (χ3n) is 1.94. The van der Waals surface area contributed by atoms with E-state index in [0.717, 1.165) is 6.20 Å². The highest BCUT2D eigenvalue weighted by Crippen LogP contribution is 2.16. The van der Waals surface area contributed by atoms with Crippen molar-refractivity contribution in [3.8, 4) is 0 Å². The fourth-order valence-corrected chi connectivity index (χ4v) is 1.24. The van der Waals surface area contributed by atoms with Crippen LogP contribution >= 0.6 is 11.6 Å². The first-order valence-electron chi connectivity index (χ1n) is 4.43. The molecule has 1 rings (SSSR count). The minimum Gasteiger partial charge on any atom is -0.369 e. The third-order valence-corrected chi connectivity index (χ3v) is 2.17. The summed E-state index contributed by atoms with van der Waals surface area (Å²) >= 11 is 5.65. The third kappa shape index (κ3) is 3.09. The molecule has 0 unspecified atom stereocenters. The van der Waals surface area contributed by atoms with E-state index in [1.165, 1.54) is 6.20 Å². The largest absolute Gasteiger partial charge is 0.369 e. The zero-order valence-corrected chi connectivity index (χ0v) is 9.60. The number of nitrogens with one attached hydrogen (secondary N) is 1. The zero-order chi connectivity index (χ0) is 12.1. The first kappa shape index (κ1) is 12.3. The minimum atomic E-state index is -0.522. The number of anilines is 1. The molecule has 0 spiro atoms. The molecule has 6 nitrogen and oxygen atoms in total. The number of nitrogens with zero attached hydrogens (tertiary/aromatic N) is 3. The van der Waals surface area contributed by atoms with Crippen molar-refractivity contribution in [2.45, 2.75) is 0 Å². The van der Waals surface area contributed by atoms with Crippen LogP contribution in [-0.4, -0.2) is 24.0 Å². The van der Waals surface area contributed by atoms with Gasteiger partial charge >= 0.3 is 0 Å². The molecule has 0 aliphatic rings. The van der Waals surface area contributed by atoms with E-state index in [2.05, 4.69) is 10.3 Å². The van der Waals surface area contributed by atoms with Crippen LogP contribution in [0.1, 0.15) is 0 Å². The second-order valence-electron chi connectivity index (χ2n) is 2.95. The van der Waals surface area contributed by atoms with E-state index >= 15 is 0 Å². The standard InChI is InChI=1S/C9H11ClN4O2/c1-11-9(6-14(15)16)13(2)7-3-4-8(10)12-5-7/h3-6,11H,1-2H3. The number of nitro groups is 1. The van der Waals surface area contributed by atoms with Crippen molar-refractivity contribution in [1.29, 1.82) is 0 Å². The summed E-state index contributed by atoms with van der Waals surface area (Å²) < 4.78 is 0. The van der Waals surface area contributed by atoms with Gasteiger partial charge in [-0.3, -0.25) is 10.1 Å². The average Bonchev–Trinajstić information content (AvgIpc) is 2.25. The van der Waals surface area contributed by atoms with E-state index in [9.17, 15) is 10.1 Å². The summed E-state index contributed by atoms with van der Waals surface area (Å²) in [6.07, 6.45) is 2.42. The normalized spacial score (nSPS) is 11.1. The van der Waals surface area contributed by atoms with Gasteiger partial charge in [0.15, 0.2) is 5.82 Å². The lowest BCUT2D eigenvalue weighted by molar-refractivity contribution is -0.403. The SMILES string of the molecule is CNC(=C[N+](=O)[O-])N(C)c1ccc(Cl)nc1. The van der Waals surface area contributed by atoms with Gasteiger partial charge in [0, 0.05) is 14.1 Å². The second-order valence-corrected chi connectivity index (χ2v) is 3.34. The minimum absolute atomic E-state index is 0.356. The van der Waals surface area contributed by atoms with Gasteiger partial charge in [-0.2, -0.15) is 0 Å². The van der Waals surface area contributed by atoms with Crippen molar-refractivity contribution in [3.63, 3.8) is 0 Å². The van der Waals surface area contributed by atoms with E-state index in [-0.39, 0.29) is 0 Å². The average molecular weight is 243 g/mol. The van der Waals surface area contributed by atoms with Crippen molar-refractivity contribution in [1.82, 2.24) is 10.3 Å². The van der Waals surface area contributed by atoms with Gasteiger partial charge in [0.25, 0.3) is 6.20 Å². The van der Waals surface area contributed by atoms with E-state index in [1.807, 2.05) is 0 Å². The maximum absolute atomic E-state index is 10.4. The van der Waals surface area contributed by atoms with Crippen LogP contribution in [0, 0.1) is 10.1 Å². The number of pyridine rings is 1. The summed E-state index contributed by atoms with van der Waals surface area (Å²) in [6.45, 7) is 0. The Labute approximate surface area is 97.7 Å². The molecule has 0 atom stereocenters. The maximum atomic E-state index is 10.4. The lowest BCUT2D eigenvalue weighted by atomic mass is 10.4. The number of hydrogen-bond acceptors (Lipinski definition) is 5. The van der Waals surface area contributed by atoms with Gasteiger partial charge in [-0.1, -0.05) is 11.6 Å². The first-order chi connectivity index (χ1) is 7.54. The summed E-state index contributed by atoms with van der Waals surface area (Å²) in [5.74, 6) is 0.356. The number of aromatic nitrogens is 1. The molecule has 0 amide bonds. The predicted molar refractivity (Wildman–Crippen MR) is 61.8 cm³/mol. The number of rotatable bonds is 4. The smallest absolute Gasteiger partial charge is 0.274 e. The summed E-state index contributed by atoms with van der Waals surface area (Å²) in [7, 11) is 3.30. The Kier molecular flexibility index (Phi) is 4.07. The molecule has 86 valence electrons. The van der Waals surface area contributed by atoms with Crippen molar-refractivity contribution < 1.29 is 4.92 Å². The molecule has 0 bridgehead atoms. The van der Waals surface area contributed by atoms with Gasteiger partial charge in [0.2, 0.25) is 0 Å². The second kappa shape index (κ2) is 5.32. The highest BCUT2D eigenvalue weighted by molar-refractivity contribution is 6.29. The van der Waals surface area contributed by atoms with Crippen LogP contribution in [0.2, 0.25) is 5.15 Å². The molecular formula is C9H11ClN4O2. The topological polar surface area (TPSA) is 71.3 Å². The van der Waals surface area contributed by atoms with E-state index < -0.39 is 4.92 Å². The molecule has 0 radical (unpaired) electrons. The Morgan fingerprint density at radius 1 is 1.69 bits per heavy atom. The van der Waals surface area contributed by atoms with Gasteiger partial charge in [-0.05, 0) is 12.1 Å². The maximum Gasteiger partial charge on any atom is 0.274 e. The summed E-state index contributed by atoms with van der Waals surface area (Å²) in [5.41, 5.74) is 0.701. The fourth-order valence-electron chi connectivity index (χ4n) is 1.12. The Morgan fingerprint density at radius 3 is 2.81 bits per heavy atom. The lowest BCUT2D eigenvalue weighted by Gasteiger charge is -2.19. The Morgan fingerprint density at radius 2 is 2.38 bits per heavy atom. The van der Waals surface area contributed by atoms with Crippen LogP contribution in [0.25, 0.3) is 0 Å². The van der Waals surface area contributed by atoms with Crippen molar-refractivity contribution in [2.75, 3.05) is 19.0 Å². The van der Waals surface area contributed by atoms with E-state index in [0.29, 0.717) is 16.7 Å². The fraction of sp³-hybridized carbons (Fsp3) is 0.222. The van der Waals surface area contributed by atoms with Crippen molar-refractivity contribution in [2.24, 2.45) is 0 Å². The molecule has 0 fully saturated rings. The summed E-state index contributed by atoms with van der Waals surface area (Å²) in [6, 6.07) is 3.34. The molecule has 7 heteroatoms. The van der Waals surface area contributed by atoms with Crippen LogP contribution < -0.4 is 10.2 Å². The molecule has 1 N–H and O–H groups in total. The molecule has 0 saturated carbocycles. The lowest BCUT2D eigenvalue weighted by Crippen LogP contribution is -2.26. The van der Waals surface area contributed by atoms with Crippen LogP contribution in [0.5, 0.6) is 0 Å². The first-order valence-corrected chi connectivity index (χ1v) is 4.80. The van der Waals surface area contributed by atoms with Crippen LogP contribution in [0.4, 0.5) is 5.69 Å². The van der Waals surface area contributed by atoms with Gasteiger partial charge < -0.3 is 10.2 Å². The molecule has 0 aromatic carbocycles. The Balaban J connectivity index is 2.95. The van der Waals surface area contributed by atoms with Crippen molar-refractivity contribution in [3.05, 3.63) is 45.6 Å². The Hall–Kier alpha value is -1.82. The number of halogens is 1. The monoisotopic (exact) mass is 242 g/mol. The number of hydrogen-bond donors (Lipinski definition) is 1.